The van der Waals surface area contributed by atoms with Crippen LogP contribution in [0.1, 0.15) is 6.92 Å². The zero-order valence-electron chi connectivity index (χ0n) is 8.92. The molecule has 100 valence electrons. The monoisotopic (exact) mass is 684 g/mol. The fourth-order valence-electron chi connectivity index (χ4n) is 0.933. The summed E-state index contributed by atoms with van der Waals surface area (Å²) >= 11 is 25.0. The normalized spacial score (nSPS) is 18.1. The van der Waals surface area contributed by atoms with Crippen molar-refractivity contribution in [1.82, 2.24) is 0 Å². The van der Waals surface area contributed by atoms with Crippen LogP contribution in [-0.2, 0) is 0 Å². The molecule has 0 aromatic carbocycles. The van der Waals surface area contributed by atoms with Gasteiger partial charge in [-0.25, -0.2) is 0 Å². The van der Waals surface area contributed by atoms with Crippen LogP contribution in [0.2, 0.25) is 0 Å². The zero-order chi connectivity index (χ0) is 13.6. The van der Waals surface area contributed by atoms with Crippen molar-refractivity contribution >= 4 is 112 Å². The third-order valence-corrected chi connectivity index (χ3v) is 10.5. The van der Waals surface area contributed by atoms with E-state index >= 15 is 0 Å². The van der Waals surface area contributed by atoms with Gasteiger partial charge in [0.1, 0.15) is 0 Å². The van der Waals surface area contributed by atoms with Gasteiger partial charge in [-0.05, 0) is 6.92 Å². The molecule has 0 aromatic heterocycles. The van der Waals surface area contributed by atoms with Gasteiger partial charge in [-0.15, -0.1) is 0 Å². The lowest BCUT2D eigenvalue weighted by Gasteiger charge is -2.28. The van der Waals surface area contributed by atoms with Crippen molar-refractivity contribution in [2.75, 3.05) is 16.0 Å². The van der Waals surface area contributed by atoms with Crippen LogP contribution in [0.4, 0.5) is 0 Å². The van der Waals surface area contributed by atoms with Crippen molar-refractivity contribution < 1.29 is 0 Å². The fourth-order valence-corrected chi connectivity index (χ4v) is 5.24. The Kier molecular flexibility index (Phi) is 11.3. The molecule has 0 nitrogen and oxygen atoms in total. The number of rotatable bonds is 6. The lowest BCUT2D eigenvalue weighted by atomic mass is 10.1. The maximum atomic E-state index is 3.76. The number of allylic oxidation sites excluding steroid dienone is 4. The lowest BCUT2D eigenvalue weighted by Crippen LogP contribution is -2.28. The third-order valence-electron chi connectivity index (χ3n) is 2.03. The molecule has 0 aliphatic carbocycles. The van der Waals surface area contributed by atoms with Crippen LogP contribution in [0, 0.1) is 0 Å². The summed E-state index contributed by atoms with van der Waals surface area (Å²) in [7, 11) is 0. The van der Waals surface area contributed by atoms with Crippen LogP contribution in [0.15, 0.2) is 20.6 Å². The second-order valence-corrected chi connectivity index (χ2v) is 9.49. The van der Waals surface area contributed by atoms with Crippen LogP contribution in [-0.4, -0.2) is 25.1 Å². The van der Waals surface area contributed by atoms with E-state index in [0.29, 0.717) is 0 Å². The molecule has 0 spiro atoms. The predicted octanol–water partition coefficient (Wildman–Crippen LogP) is 7.02. The highest BCUT2D eigenvalue weighted by Crippen LogP contribution is 2.42. The Morgan fingerprint density at radius 3 is 1.94 bits per heavy atom. The molecule has 0 fully saturated rings. The Labute approximate surface area is 162 Å². The van der Waals surface area contributed by atoms with Crippen LogP contribution in [0.3, 0.4) is 0 Å². The molecule has 7 heteroatoms. The molecule has 0 bridgehead atoms. The number of alkyl halides is 5. The average molecular weight is 691 g/mol. The van der Waals surface area contributed by atoms with E-state index in [1.165, 1.54) is 5.57 Å². The van der Waals surface area contributed by atoms with Gasteiger partial charge in [0.25, 0.3) is 0 Å². The molecular formula is C10H11Br7. The Bertz CT molecular complexity index is 300. The van der Waals surface area contributed by atoms with Gasteiger partial charge in [0.2, 0.25) is 0 Å². The zero-order valence-corrected chi connectivity index (χ0v) is 20.0. The molecule has 17 heavy (non-hydrogen) atoms. The molecule has 2 unspecified atom stereocenters. The quantitative estimate of drug-likeness (QED) is 0.208. The minimum Gasteiger partial charge on any atom is -0.0880 e. The fraction of sp³-hybridized carbons (Fsp3) is 0.600. The van der Waals surface area contributed by atoms with E-state index in [2.05, 4.69) is 125 Å². The summed E-state index contributed by atoms with van der Waals surface area (Å²) in [6, 6.07) is 0. The second kappa shape index (κ2) is 9.72. The van der Waals surface area contributed by atoms with E-state index < -0.39 is 0 Å². The molecule has 0 N–H and O–H groups in total. The maximum absolute atomic E-state index is 3.76. The van der Waals surface area contributed by atoms with E-state index in [4.69, 9.17) is 0 Å². The summed E-state index contributed by atoms with van der Waals surface area (Å²) in [5, 5.41) is 2.51. The molecule has 2 atom stereocenters. The predicted molar refractivity (Wildman–Crippen MR) is 104 cm³/mol. The van der Waals surface area contributed by atoms with Crippen molar-refractivity contribution in [2.45, 2.75) is 16.1 Å². The van der Waals surface area contributed by atoms with Crippen molar-refractivity contribution in [3.63, 3.8) is 0 Å². The van der Waals surface area contributed by atoms with Gasteiger partial charge in [-0.2, -0.15) is 0 Å². The summed E-state index contributed by atoms with van der Waals surface area (Å²) in [4.78, 5) is 0.182. The Morgan fingerprint density at radius 1 is 1.12 bits per heavy atom. The lowest BCUT2D eigenvalue weighted by molar-refractivity contribution is 0.835. The van der Waals surface area contributed by atoms with Crippen LogP contribution < -0.4 is 0 Å². The topological polar surface area (TPSA) is 0 Å². The molecule has 0 radical (unpaired) electrons. The first-order valence-corrected chi connectivity index (χ1v) is 11.2. The van der Waals surface area contributed by atoms with Crippen LogP contribution in [0.5, 0.6) is 0 Å². The second-order valence-electron chi connectivity index (χ2n) is 3.42. The Morgan fingerprint density at radius 2 is 1.59 bits per heavy atom. The smallest absolute Gasteiger partial charge is 0.0711 e. The van der Waals surface area contributed by atoms with Gasteiger partial charge in [-0.3, -0.25) is 0 Å². The van der Waals surface area contributed by atoms with Gasteiger partial charge in [0.05, 0.1) is 9.15 Å². The van der Waals surface area contributed by atoms with E-state index in [-0.39, 0.29) is 9.15 Å². The van der Waals surface area contributed by atoms with Gasteiger partial charge in [-0.1, -0.05) is 123 Å². The van der Waals surface area contributed by atoms with Crippen molar-refractivity contribution in [3.8, 4) is 0 Å². The Balaban J connectivity index is 5.13. The van der Waals surface area contributed by atoms with Gasteiger partial charge in [0.15, 0.2) is 0 Å². The van der Waals surface area contributed by atoms with Gasteiger partial charge >= 0.3 is 0 Å². The first-order chi connectivity index (χ1) is 7.81. The number of hydrogen-bond acceptors (Lipinski definition) is 0. The molecule has 0 rings (SSSR count). The number of halogens is 7. The first-order valence-electron chi connectivity index (χ1n) is 4.56. The third kappa shape index (κ3) is 6.42. The first kappa shape index (κ1) is 19.8. The summed E-state index contributed by atoms with van der Waals surface area (Å²) in [5.41, 5.74) is 1.30. The highest BCUT2D eigenvalue weighted by molar-refractivity contribution is 9.16. The van der Waals surface area contributed by atoms with E-state index in [0.717, 1.165) is 25.0 Å². The summed E-state index contributed by atoms with van der Waals surface area (Å²) in [6.07, 6.45) is 2.20. The molecule has 0 saturated heterocycles. The highest BCUT2D eigenvalue weighted by Gasteiger charge is 2.33. The average Bonchev–Trinajstić information content (AvgIpc) is 2.33. The van der Waals surface area contributed by atoms with Crippen LogP contribution >= 0.6 is 112 Å². The molecule has 0 amide bonds. The van der Waals surface area contributed by atoms with Gasteiger partial charge in [0, 0.05) is 25.0 Å². The van der Waals surface area contributed by atoms with E-state index in [1.54, 1.807) is 0 Å². The van der Waals surface area contributed by atoms with Crippen LogP contribution in [0.25, 0.3) is 0 Å². The van der Waals surface area contributed by atoms with Crippen molar-refractivity contribution in [1.29, 1.82) is 0 Å². The summed E-state index contributed by atoms with van der Waals surface area (Å²) in [6.45, 7) is 2.12. The van der Waals surface area contributed by atoms with E-state index in [9.17, 15) is 0 Å². The SMILES string of the molecule is CC(Br)(C(Br)=C(Br)CBr)C(Br)C=C(CBr)CBr. The van der Waals surface area contributed by atoms with Crippen molar-refractivity contribution in [2.24, 2.45) is 0 Å². The Hall–Kier alpha value is 2.84. The minimum atomic E-state index is -0.199. The van der Waals surface area contributed by atoms with E-state index in [1.807, 2.05) is 0 Å². The molecule has 0 aliphatic rings. The largest absolute Gasteiger partial charge is 0.0880 e. The number of hydrogen-bond donors (Lipinski definition) is 0. The molecule has 0 aliphatic heterocycles. The standard InChI is InChI=1S/C10H11Br7/c1-10(17,9(16)7(14)5-13)8(15)2-6(3-11)4-12/h2,8H,3-5H2,1H3. The molecule has 0 heterocycles. The molecular weight excluding hydrogens is 679 g/mol. The molecule has 0 aromatic rings. The minimum absolute atomic E-state index is 0.182. The van der Waals surface area contributed by atoms with Gasteiger partial charge < -0.3 is 0 Å². The van der Waals surface area contributed by atoms with Crippen molar-refractivity contribution in [3.05, 3.63) is 20.6 Å². The highest BCUT2D eigenvalue weighted by atomic mass is 79.9. The summed E-state index contributed by atoms with van der Waals surface area (Å²) < 4.78 is 1.98. The molecule has 0 saturated carbocycles. The summed E-state index contributed by atoms with van der Waals surface area (Å²) in [5.74, 6) is 0. The maximum Gasteiger partial charge on any atom is 0.0711 e.